The van der Waals surface area contributed by atoms with Gasteiger partial charge in [-0.15, -0.1) is 0 Å². The molecule has 22 heavy (non-hydrogen) atoms. The van der Waals surface area contributed by atoms with Crippen LogP contribution in [0.25, 0.3) is 0 Å². The average Bonchev–Trinajstić information content (AvgIpc) is 2.49. The van der Waals surface area contributed by atoms with Crippen molar-refractivity contribution in [1.29, 1.82) is 0 Å². The van der Waals surface area contributed by atoms with Crippen LogP contribution in [-0.4, -0.2) is 41.0 Å². The first-order chi connectivity index (χ1) is 10.3. The van der Waals surface area contributed by atoms with Gasteiger partial charge in [-0.05, 0) is 36.0 Å². The smallest absolute Gasteiger partial charge is 0.314 e. The van der Waals surface area contributed by atoms with E-state index in [-0.39, 0.29) is 30.3 Å². The Labute approximate surface area is 131 Å². The summed E-state index contributed by atoms with van der Waals surface area (Å²) in [6.07, 6.45) is 0.720. The predicted octanol–water partition coefficient (Wildman–Crippen LogP) is 1.52. The van der Waals surface area contributed by atoms with Gasteiger partial charge in [0.15, 0.2) is 0 Å². The summed E-state index contributed by atoms with van der Waals surface area (Å²) >= 11 is 0. The van der Waals surface area contributed by atoms with Crippen molar-refractivity contribution in [2.75, 3.05) is 19.7 Å². The summed E-state index contributed by atoms with van der Waals surface area (Å²) in [5, 5.41) is 33.7. The highest BCUT2D eigenvalue weighted by molar-refractivity contribution is 5.73. The Kier molecular flexibility index (Phi) is 7.14. The molecule has 0 aliphatic rings. The zero-order chi connectivity index (χ0) is 16.6. The van der Waals surface area contributed by atoms with E-state index in [0.717, 1.165) is 12.8 Å². The van der Waals surface area contributed by atoms with Gasteiger partial charge in [-0.25, -0.2) is 4.79 Å². The minimum absolute atomic E-state index is 0.0669. The van der Waals surface area contributed by atoms with Gasteiger partial charge in [0.05, 0.1) is 6.10 Å². The first-order valence-electron chi connectivity index (χ1n) is 7.43. The Morgan fingerprint density at radius 1 is 1.32 bits per heavy atom. The Morgan fingerprint density at radius 3 is 2.68 bits per heavy atom. The SMILES string of the molecule is CC(C)(CO)CCCNC(=O)NC[C@@H](O)c1cccc(O)c1. The molecule has 0 spiro atoms. The zero-order valence-corrected chi connectivity index (χ0v) is 13.2. The second kappa shape index (κ2) is 8.60. The first-order valence-corrected chi connectivity index (χ1v) is 7.43. The molecule has 0 aromatic heterocycles. The topological polar surface area (TPSA) is 102 Å². The first kappa shape index (κ1) is 18.3. The normalized spacial score (nSPS) is 12.7. The molecule has 0 aliphatic carbocycles. The molecule has 0 aliphatic heterocycles. The fourth-order valence-corrected chi connectivity index (χ4v) is 1.95. The van der Waals surface area contributed by atoms with E-state index in [1.54, 1.807) is 12.1 Å². The number of rotatable bonds is 8. The maximum atomic E-state index is 11.6. The number of benzene rings is 1. The summed E-state index contributed by atoms with van der Waals surface area (Å²) in [6, 6.07) is 5.95. The molecule has 6 nitrogen and oxygen atoms in total. The lowest BCUT2D eigenvalue weighted by Gasteiger charge is -2.21. The molecule has 6 heteroatoms. The van der Waals surface area contributed by atoms with Gasteiger partial charge in [-0.3, -0.25) is 0 Å². The third-order valence-corrected chi connectivity index (χ3v) is 3.45. The molecule has 1 aromatic rings. The van der Waals surface area contributed by atoms with Crippen LogP contribution in [0.2, 0.25) is 0 Å². The Balaban J connectivity index is 2.23. The summed E-state index contributed by atoms with van der Waals surface area (Å²) in [5.74, 6) is 0.0764. The van der Waals surface area contributed by atoms with Crippen molar-refractivity contribution in [2.24, 2.45) is 5.41 Å². The molecule has 0 saturated carbocycles. The third kappa shape index (κ3) is 6.78. The summed E-state index contributed by atoms with van der Waals surface area (Å²) in [7, 11) is 0. The van der Waals surface area contributed by atoms with Crippen LogP contribution in [0, 0.1) is 5.41 Å². The highest BCUT2D eigenvalue weighted by Gasteiger charge is 2.15. The molecule has 0 heterocycles. The van der Waals surface area contributed by atoms with E-state index in [0.29, 0.717) is 12.1 Å². The molecule has 1 aromatic carbocycles. The van der Waals surface area contributed by atoms with E-state index < -0.39 is 6.10 Å². The van der Waals surface area contributed by atoms with Crippen molar-refractivity contribution in [3.8, 4) is 5.75 Å². The Hall–Kier alpha value is -1.79. The zero-order valence-electron chi connectivity index (χ0n) is 13.2. The van der Waals surface area contributed by atoms with Crippen molar-refractivity contribution in [3.63, 3.8) is 0 Å². The highest BCUT2D eigenvalue weighted by atomic mass is 16.3. The number of phenolic OH excluding ortho intramolecular Hbond substituents is 1. The van der Waals surface area contributed by atoms with Crippen LogP contribution >= 0.6 is 0 Å². The maximum Gasteiger partial charge on any atom is 0.314 e. The quantitative estimate of drug-likeness (QED) is 0.470. The molecule has 0 saturated heterocycles. The minimum atomic E-state index is -0.869. The molecule has 5 N–H and O–H groups in total. The number of hydrogen-bond acceptors (Lipinski definition) is 4. The summed E-state index contributed by atoms with van der Waals surface area (Å²) < 4.78 is 0. The van der Waals surface area contributed by atoms with Crippen molar-refractivity contribution in [2.45, 2.75) is 32.8 Å². The van der Waals surface area contributed by atoms with Crippen molar-refractivity contribution >= 4 is 6.03 Å². The standard InChI is InChI=1S/C16H26N2O4/c1-16(2,11-19)7-4-8-17-15(22)18-10-14(21)12-5-3-6-13(20)9-12/h3,5-6,9,14,19-21H,4,7-8,10-11H2,1-2H3,(H2,17,18,22)/t14-/m1/s1. The van der Waals surface area contributed by atoms with Gasteiger partial charge in [-0.1, -0.05) is 26.0 Å². The van der Waals surface area contributed by atoms with Crippen LogP contribution in [0.4, 0.5) is 4.79 Å². The molecular weight excluding hydrogens is 284 g/mol. The van der Waals surface area contributed by atoms with E-state index in [1.165, 1.54) is 12.1 Å². The van der Waals surface area contributed by atoms with E-state index in [2.05, 4.69) is 10.6 Å². The van der Waals surface area contributed by atoms with Crippen molar-refractivity contribution in [1.82, 2.24) is 10.6 Å². The predicted molar refractivity (Wildman–Crippen MR) is 84.6 cm³/mol. The second-order valence-electron chi connectivity index (χ2n) is 6.17. The van der Waals surface area contributed by atoms with Gasteiger partial charge in [0.2, 0.25) is 0 Å². The number of carbonyl (C=O) groups excluding carboxylic acids is 1. The van der Waals surface area contributed by atoms with Crippen LogP contribution in [-0.2, 0) is 0 Å². The summed E-state index contributed by atoms with van der Waals surface area (Å²) in [5.41, 5.74) is 0.411. The van der Waals surface area contributed by atoms with Gasteiger partial charge in [-0.2, -0.15) is 0 Å². The fraction of sp³-hybridized carbons (Fsp3) is 0.562. The largest absolute Gasteiger partial charge is 0.508 e. The van der Waals surface area contributed by atoms with E-state index in [1.807, 2.05) is 13.8 Å². The Bertz CT molecular complexity index is 477. The van der Waals surface area contributed by atoms with Crippen LogP contribution in [0.1, 0.15) is 38.4 Å². The van der Waals surface area contributed by atoms with Crippen LogP contribution < -0.4 is 10.6 Å². The van der Waals surface area contributed by atoms with Gasteiger partial charge in [0, 0.05) is 19.7 Å². The molecule has 1 atom stereocenters. The minimum Gasteiger partial charge on any atom is -0.508 e. The average molecular weight is 310 g/mol. The molecule has 124 valence electrons. The van der Waals surface area contributed by atoms with Crippen molar-refractivity contribution < 1.29 is 20.1 Å². The van der Waals surface area contributed by atoms with Gasteiger partial charge in [0.25, 0.3) is 0 Å². The lowest BCUT2D eigenvalue weighted by atomic mass is 9.89. The third-order valence-electron chi connectivity index (χ3n) is 3.45. The number of carbonyl (C=O) groups is 1. The number of aliphatic hydroxyl groups is 2. The summed E-state index contributed by atoms with van der Waals surface area (Å²) in [6.45, 7) is 4.64. The van der Waals surface area contributed by atoms with Crippen molar-refractivity contribution in [3.05, 3.63) is 29.8 Å². The number of phenols is 1. The lowest BCUT2D eigenvalue weighted by Crippen LogP contribution is -2.38. The number of hydrogen-bond donors (Lipinski definition) is 5. The monoisotopic (exact) mass is 310 g/mol. The summed E-state index contributed by atoms with van der Waals surface area (Å²) in [4.78, 5) is 11.6. The number of amides is 2. The number of aliphatic hydroxyl groups excluding tert-OH is 2. The van der Waals surface area contributed by atoms with Crippen LogP contribution in [0.15, 0.2) is 24.3 Å². The number of aromatic hydroxyl groups is 1. The molecular formula is C16H26N2O4. The van der Waals surface area contributed by atoms with E-state index in [9.17, 15) is 15.0 Å². The molecule has 0 unspecified atom stereocenters. The fourth-order valence-electron chi connectivity index (χ4n) is 1.95. The highest BCUT2D eigenvalue weighted by Crippen LogP contribution is 2.20. The number of nitrogens with one attached hydrogen (secondary N) is 2. The van der Waals surface area contributed by atoms with Gasteiger partial charge in [0.1, 0.15) is 5.75 Å². The van der Waals surface area contributed by atoms with Crippen LogP contribution in [0.5, 0.6) is 5.75 Å². The Morgan fingerprint density at radius 2 is 2.05 bits per heavy atom. The molecule has 0 bridgehead atoms. The maximum absolute atomic E-state index is 11.6. The molecule has 0 fully saturated rings. The van der Waals surface area contributed by atoms with Gasteiger partial charge >= 0.3 is 6.03 Å². The molecule has 2 amide bonds. The van der Waals surface area contributed by atoms with Crippen LogP contribution in [0.3, 0.4) is 0 Å². The van der Waals surface area contributed by atoms with Gasteiger partial charge < -0.3 is 26.0 Å². The molecule has 1 rings (SSSR count). The van der Waals surface area contributed by atoms with E-state index >= 15 is 0 Å². The molecule has 0 radical (unpaired) electrons. The second-order valence-corrected chi connectivity index (χ2v) is 6.17. The lowest BCUT2D eigenvalue weighted by molar-refractivity contribution is 0.147. The van der Waals surface area contributed by atoms with E-state index in [4.69, 9.17) is 5.11 Å². The number of urea groups is 1.